The number of hydrogen-bond acceptors (Lipinski definition) is 6. The van der Waals surface area contributed by atoms with E-state index in [2.05, 4.69) is 35.2 Å². The van der Waals surface area contributed by atoms with Crippen LogP contribution in [-0.4, -0.2) is 62.2 Å². The van der Waals surface area contributed by atoms with Crippen molar-refractivity contribution >= 4 is 45.0 Å². The van der Waals surface area contributed by atoms with Gasteiger partial charge in [0.15, 0.2) is 0 Å². The molecular weight excluding hydrogens is 550 g/mol. The number of carbonyl (C=O) groups excluding carboxylic acids is 1. The summed E-state index contributed by atoms with van der Waals surface area (Å²) in [5.74, 6) is 0.0269. The number of likely N-dealkylation sites (tertiary alicyclic amines) is 1. The number of rotatable bonds is 5. The lowest BCUT2D eigenvalue weighted by atomic mass is 9.95. The number of halogens is 1. The number of amides is 1. The van der Waals surface area contributed by atoms with Crippen LogP contribution in [0.5, 0.6) is 0 Å². The van der Waals surface area contributed by atoms with Gasteiger partial charge in [0, 0.05) is 67.1 Å². The molecular formula is C32H32ClN7O2. The first kappa shape index (κ1) is 26.7. The summed E-state index contributed by atoms with van der Waals surface area (Å²) in [4.78, 5) is 34.8. The first-order valence-electron chi connectivity index (χ1n) is 14.1. The van der Waals surface area contributed by atoms with E-state index in [4.69, 9.17) is 16.7 Å². The Bertz CT molecular complexity index is 1990. The molecule has 2 aliphatic heterocycles. The molecule has 0 spiro atoms. The second-order valence-electron chi connectivity index (χ2n) is 11.8. The highest BCUT2D eigenvalue weighted by Crippen LogP contribution is 2.37. The lowest BCUT2D eigenvalue weighted by Crippen LogP contribution is -2.45. The zero-order valence-corrected chi connectivity index (χ0v) is 25.0. The van der Waals surface area contributed by atoms with E-state index in [9.17, 15) is 9.59 Å². The van der Waals surface area contributed by atoms with Crippen LogP contribution in [0.25, 0.3) is 33.1 Å². The number of hydrogen-bond donors (Lipinski definition) is 1. The Morgan fingerprint density at radius 2 is 1.81 bits per heavy atom. The molecule has 214 valence electrons. The molecule has 1 N–H and O–H groups in total. The zero-order chi connectivity index (χ0) is 29.4. The maximum Gasteiger partial charge on any atom is 0.259 e. The first-order chi connectivity index (χ1) is 20.1. The molecule has 1 saturated heterocycles. The number of anilines is 1. The third kappa shape index (κ3) is 4.10. The number of likely N-dealkylation sites (N-methyl/N-ethyl adjacent to an activating group) is 1. The maximum atomic E-state index is 13.7. The highest BCUT2D eigenvalue weighted by molar-refractivity contribution is 6.29. The van der Waals surface area contributed by atoms with Crippen LogP contribution in [0.1, 0.15) is 46.1 Å². The molecule has 7 rings (SSSR count). The van der Waals surface area contributed by atoms with Crippen molar-refractivity contribution in [2.75, 3.05) is 32.5 Å². The third-order valence-corrected chi connectivity index (χ3v) is 8.87. The Kier molecular flexibility index (Phi) is 6.14. The monoisotopic (exact) mass is 581 g/mol. The Morgan fingerprint density at radius 1 is 1.02 bits per heavy atom. The van der Waals surface area contributed by atoms with Gasteiger partial charge < -0.3 is 15.1 Å². The fourth-order valence-electron chi connectivity index (χ4n) is 6.55. The Balaban J connectivity index is 1.34. The second-order valence-corrected chi connectivity index (χ2v) is 12.2. The van der Waals surface area contributed by atoms with E-state index in [1.807, 2.05) is 55.2 Å². The molecule has 5 aromatic rings. The first-order valence-corrected chi connectivity index (χ1v) is 14.5. The number of aryl methyl sites for hydroxylation is 2. The van der Waals surface area contributed by atoms with Crippen LogP contribution < -0.4 is 10.9 Å². The van der Waals surface area contributed by atoms with Gasteiger partial charge in [-0.05, 0) is 67.9 Å². The summed E-state index contributed by atoms with van der Waals surface area (Å²) >= 11 is 6.38. The van der Waals surface area contributed by atoms with Crippen molar-refractivity contribution in [3.63, 3.8) is 0 Å². The Morgan fingerprint density at radius 3 is 2.57 bits per heavy atom. The van der Waals surface area contributed by atoms with Crippen LogP contribution in [0.4, 0.5) is 5.69 Å². The standard InChI is InChI=1S/C32H32ClN7O2/c1-17-10-23(28-24(11-17)32(42)39(5)30-25(28)13-34-40(30)21-15-37(3)16-21)18(2)35-26-8-9-27(33)36-29(26)19-6-7-22-20(12-19)14-38(4)31(22)41/h6-13,18,21,35H,14-16H2,1-5H3. The highest BCUT2D eigenvalue weighted by Gasteiger charge is 2.29. The van der Waals surface area contributed by atoms with Gasteiger partial charge in [0.05, 0.1) is 23.6 Å². The summed E-state index contributed by atoms with van der Waals surface area (Å²) in [5, 5.41) is 11.4. The average molecular weight is 582 g/mol. The minimum atomic E-state index is -0.176. The number of pyridine rings is 2. The minimum absolute atomic E-state index is 0.0269. The molecule has 5 heterocycles. The van der Waals surface area contributed by atoms with E-state index in [0.29, 0.717) is 22.8 Å². The minimum Gasteiger partial charge on any atom is -0.377 e. The van der Waals surface area contributed by atoms with Crippen molar-refractivity contribution in [2.45, 2.75) is 32.5 Å². The van der Waals surface area contributed by atoms with Crippen molar-refractivity contribution < 1.29 is 4.79 Å². The number of aromatic nitrogens is 4. The third-order valence-electron chi connectivity index (χ3n) is 8.66. The number of nitrogens with one attached hydrogen (secondary N) is 1. The van der Waals surface area contributed by atoms with Gasteiger partial charge in [-0.15, -0.1) is 0 Å². The molecule has 0 aliphatic carbocycles. The summed E-state index contributed by atoms with van der Waals surface area (Å²) in [6, 6.07) is 13.7. The maximum absolute atomic E-state index is 13.7. The molecule has 3 aromatic heterocycles. The van der Waals surface area contributed by atoms with Gasteiger partial charge in [-0.25, -0.2) is 9.67 Å². The van der Waals surface area contributed by atoms with Crippen LogP contribution in [0.15, 0.2) is 53.5 Å². The van der Waals surface area contributed by atoms with Gasteiger partial charge >= 0.3 is 0 Å². The van der Waals surface area contributed by atoms with Crippen molar-refractivity contribution in [3.8, 4) is 11.3 Å². The van der Waals surface area contributed by atoms with Crippen molar-refractivity contribution in [3.05, 3.63) is 86.4 Å². The smallest absolute Gasteiger partial charge is 0.259 e. The topological polar surface area (TPSA) is 88.3 Å². The molecule has 0 saturated carbocycles. The Hall–Kier alpha value is -4.21. The SMILES string of the molecule is Cc1cc(C(C)Nc2ccc(Cl)nc2-c2ccc3c(c2)CN(C)C3=O)c2c(c1)c(=O)n(C)c1c2cnn1C1CN(C)C1. The van der Waals surface area contributed by atoms with Crippen LogP contribution in [0, 0.1) is 6.92 Å². The summed E-state index contributed by atoms with van der Waals surface area (Å²) in [5.41, 5.74) is 6.93. The molecule has 42 heavy (non-hydrogen) atoms. The highest BCUT2D eigenvalue weighted by atomic mass is 35.5. The summed E-state index contributed by atoms with van der Waals surface area (Å²) < 4.78 is 3.75. The molecule has 1 unspecified atom stereocenters. The predicted octanol–water partition coefficient (Wildman–Crippen LogP) is 5.16. The van der Waals surface area contributed by atoms with E-state index >= 15 is 0 Å². The van der Waals surface area contributed by atoms with E-state index in [1.165, 1.54) is 0 Å². The summed E-state index contributed by atoms with van der Waals surface area (Å²) in [6.45, 7) is 6.48. The molecule has 2 aromatic carbocycles. The van der Waals surface area contributed by atoms with Gasteiger partial charge in [-0.1, -0.05) is 23.7 Å². The number of nitrogens with zero attached hydrogens (tertiary/aromatic N) is 6. The van der Waals surface area contributed by atoms with Crippen molar-refractivity contribution in [1.29, 1.82) is 0 Å². The normalized spacial score (nSPS) is 16.3. The van der Waals surface area contributed by atoms with Crippen LogP contribution >= 0.6 is 11.6 Å². The van der Waals surface area contributed by atoms with Crippen molar-refractivity contribution in [2.24, 2.45) is 7.05 Å². The second kappa shape index (κ2) is 9.68. The van der Waals surface area contributed by atoms with Gasteiger partial charge in [0.25, 0.3) is 11.5 Å². The van der Waals surface area contributed by atoms with E-state index in [0.717, 1.165) is 63.0 Å². The van der Waals surface area contributed by atoms with Gasteiger partial charge in [-0.2, -0.15) is 5.10 Å². The van der Waals surface area contributed by atoms with Crippen LogP contribution in [0.2, 0.25) is 5.15 Å². The zero-order valence-electron chi connectivity index (χ0n) is 24.3. The quantitative estimate of drug-likeness (QED) is 0.289. The molecule has 0 radical (unpaired) electrons. The van der Waals surface area contributed by atoms with E-state index < -0.39 is 0 Å². The average Bonchev–Trinajstić information content (AvgIpc) is 3.50. The van der Waals surface area contributed by atoms with E-state index in [1.54, 1.807) is 22.6 Å². The molecule has 0 bridgehead atoms. The molecule has 10 heteroatoms. The fourth-order valence-corrected chi connectivity index (χ4v) is 6.70. The van der Waals surface area contributed by atoms with E-state index in [-0.39, 0.29) is 23.6 Å². The van der Waals surface area contributed by atoms with Crippen molar-refractivity contribution in [1.82, 2.24) is 29.1 Å². The van der Waals surface area contributed by atoms with Crippen LogP contribution in [-0.2, 0) is 13.6 Å². The molecule has 1 fully saturated rings. The predicted molar refractivity (Wildman–Crippen MR) is 166 cm³/mol. The summed E-state index contributed by atoms with van der Waals surface area (Å²) in [6.07, 6.45) is 1.90. The van der Waals surface area contributed by atoms with Gasteiger partial charge in [0.1, 0.15) is 10.8 Å². The van der Waals surface area contributed by atoms with Gasteiger partial charge in [0.2, 0.25) is 0 Å². The molecule has 9 nitrogen and oxygen atoms in total. The number of fused-ring (bicyclic) bond motifs is 4. The fraction of sp³-hybridized carbons (Fsp3) is 0.312. The lowest BCUT2D eigenvalue weighted by Gasteiger charge is -2.36. The molecule has 1 amide bonds. The molecule has 2 aliphatic rings. The number of benzene rings is 2. The van der Waals surface area contributed by atoms with Gasteiger partial charge in [-0.3, -0.25) is 14.2 Å². The summed E-state index contributed by atoms with van der Waals surface area (Å²) in [7, 11) is 5.73. The molecule has 1 atom stereocenters. The van der Waals surface area contributed by atoms with Crippen LogP contribution in [0.3, 0.4) is 0 Å². The lowest BCUT2D eigenvalue weighted by molar-refractivity contribution is 0.0816. The Labute approximate surface area is 248 Å². The number of carbonyl (C=O) groups is 1. The largest absolute Gasteiger partial charge is 0.377 e.